The fourth-order valence-corrected chi connectivity index (χ4v) is 0.231. The second-order valence-electron chi connectivity index (χ2n) is 1.06. The van der Waals surface area contributed by atoms with E-state index in [0.29, 0.717) is 13.2 Å². The van der Waals surface area contributed by atoms with Gasteiger partial charge < -0.3 is 14.9 Å². The normalized spacial score (nSPS) is 8.25. The molecule has 0 aromatic carbocycles. The molecule has 0 heterocycles. The van der Waals surface area contributed by atoms with E-state index in [9.17, 15) is 0 Å². The standard InChI is InChI=1S/C4H10O3.Mg/c5-1-3-7-4-2-6;/h5-6H,1-4H2;. The first kappa shape index (κ1) is 11.4. The van der Waals surface area contributed by atoms with E-state index in [-0.39, 0.29) is 36.3 Å². The molecule has 4 heteroatoms. The lowest BCUT2D eigenvalue weighted by atomic mass is 10.7. The summed E-state index contributed by atoms with van der Waals surface area (Å²) in [6.45, 7) is 0.696. The molecule has 0 saturated heterocycles. The smallest absolute Gasteiger partial charge is 0.0698 e. The third kappa shape index (κ3) is 9.82. The average Bonchev–Trinajstić information content (AvgIpc) is 1.69. The van der Waals surface area contributed by atoms with Crippen LogP contribution in [0.5, 0.6) is 0 Å². The molecule has 2 N–H and O–H groups in total. The second kappa shape index (κ2) is 10.6. The summed E-state index contributed by atoms with van der Waals surface area (Å²) in [5, 5.41) is 16.2. The predicted octanol–water partition coefficient (Wildman–Crippen LogP) is -1.39. The summed E-state index contributed by atoms with van der Waals surface area (Å²) in [5.41, 5.74) is 0. The van der Waals surface area contributed by atoms with Crippen molar-refractivity contribution in [2.75, 3.05) is 26.4 Å². The Morgan fingerprint density at radius 2 is 1.38 bits per heavy atom. The Morgan fingerprint density at radius 1 is 1.00 bits per heavy atom. The van der Waals surface area contributed by atoms with Crippen molar-refractivity contribution < 1.29 is 14.9 Å². The van der Waals surface area contributed by atoms with Gasteiger partial charge in [0.25, 0.3) is 0 Å². The zero-order chi connectivity index (χ0) is 5.54. The van der Waals surface area contributed by atoms with Crippen LogP contribution < -0.4 is 0 Å². The Bertz CT molecular complexity index is 30.5. The van der Waals surface area contributed by atoms with Crippen LogP contribution in [0.2, 0.25) is 0 Å². The summed E-state index contributed by atoms with van der Waals surface area (Å²) in [5.74, 6) is 0. The molecule has 0 bridgehead atoms. The number of aliphatic hydroxyl groups excluding tert-OH is 2. The highest BCUT2D eigenvalue weighted by Crippen LogP contribution is 1.68. The molecule has 0 aliphatic heterocycles. The number of ether oxygens (including phenoxy) is 1. The molecule has 8 heavy (non-hydrogen) atoms. The van der Waals surface area contributed by atoms with Crippen LogP contribution in [0.3, 0.4) is 0 Å². The van der Waals surface area contributed by atoms with Crippen molar-refractivity contribution in [2.45, 2.75) is 0 Å². The molecule has 0 aromatic rings. The van der Waals surface area contributed by atoms with Gasteiger partial charge in [-0.3, -0.25) is 0 Å². The van der Waals surface area contributed by atoms with E-state index in [1.807, 2.05) is 0 Å². The maximum atomic E-state index is 8.09. The van der Waals surface area contributed by atoms with Crippen molar-refractivity contribution >= 4 is 23.1 Å². The molecule has 0 fully saturated rings. The molecule has 0 unspecified atom stereocenters. The van der Waals surface area contributed by atoms with Crippen molar-refractivity contribution in [3.8, 4) is 0 Å². The molecule has 3 nitrogen and oxygen atoms in total. The highest BCUT2D eigenvalue weighted by atomic mass is 24.3. The van der Waals surface area contributed by atoms with Crippen molar-refractivity contribution in [3.05, 3.63) is 0 Å². The first-order chi connectivity index (χ1) is 3.41. The van der Waals surface area contributed by atoms with E-state index in [1.165, 1.54) is 0 Å². The minimum absolute atomic E-state index is 0. The Balaban J connectivity index is 0. The fraction of sp³-hybridized carbons (Fsp3) is 1.00. The van der Waals surface area contributed by atoms with Gasteiger partial charge in [0.15, 0.2) is 0 Å². The average molecular weight is 130 g/mol. The minimum atomic E-state index is 0. The van der Waals surface area contributed by atoms with Crippen LogP contribution in [-0.4, -0.2) is 59.7 Å². The van der Waals surface area contributed by atoms with E-state index in [4.69, 9.17) is 10.2 Å². The van der Waals surface area contributed by atoms with Crippen LogP contribution in [0.1, 0.15) is 0 Å². The SMILES string of the molecule is OCCOCCO.[Mg]. The molecule has 0 saturated carbocycles. The van der Waals surface area contributed by atoms with Gasteiger partial charge in [0.1, 0.15) is 0 Å². The van der Waals surface area contributed by atoms with Gasteiger partial charge in [-0.2, -0.15) is 0 Å². The summed E-state index contributed by atoms with van der Waals surface area (Å²) < 4.78 is 4.63. The maximum absolute atomic E-state index is 8.09. The Kier molecular flexibility index (Phi) is 15.2. The highest BCUT2D eigenvalue weighted by Gasteiger charge is 1.79. The Hall–Kier alpha value is 0.646. The molecule has 0 rings (SSSR count). The van der Waals surface area contributed by atoms with E-state index in [0.717, 1.165) is 0 Å². The lowest BCUT2D eigenvalue weighted by Gasteiger charge is -1.94. The van der Waals surface area contributed by atoms with Crippen LogP contribution in [0.15, 0.2) is 0 Å². The van der Waals surface area contributed by atoms with Crippen molar-refractivity contribution in [1.29, 1.82) is 0 Å². The van der Waals surface area contributed by atoms with Gasteiger partial charge >= 0.3 is 0 Å². The van der Waals surface area contributed by atoms with Gasteiger partial charge in [0, 0.05) is 23.1 Å². The summed E-state index contributed by atoms with van der Waals surface area (Å²) in [7, 11) is 0. The second-order valence-corrected chi connectivity index (χ2v) is 1.06. The monoisotopic (exact) mass is 130 g/mol. The van der Waals surface area contributed by atoms with E-state index in [2.05, 4.69) is 4.74 Å². The molecule has 0 aliphatic rings. The third-order valence-electron chi connectivity index (χ3n) is 0.471. The lowest BCUT2D eigenvalue weighted by molar-refractivity contribution is 0.0650. The van der Waals surface area contributed by atoms with Gasteiger partial charge in [0.2, 0.25) is 0 Å². The van der Waals surface area contributed by atoms with Gasteiger partial charge in [-0.25, -0.2) is 0 Å². The van der Waals surface area contributed by atoms with Crippen molar-refractivity contribution in [1.82, 2.24) is 0 Å². The molecule has 0 aliphatic carbocycles. The van der Waals surface area contributed by atoms with Gasteiger partial charge in [-0.1, -0.05) is 0 Å². The molecular weight excluding hydrogens is 120 g/mol. The van der Waals surface area contributed by atoms with Crippen molar-refractivity contribution in [3.63, 3.8) is 0 Å². The van der Waals surface area contributed by atoms with Crippen LogP contribution in [0.25, 0.3) is 0 Å². The Labute approximate surface area is 64.8 Å². The van der Waals surface area contributed by atoms with Crippen molar-refractivity contribution in [2.24, 2.45) is 0 Å². The van der Waals surface area contributed by atoms with E-state index < -0.39 is 0 Å². The van der Waals surface area contributed by atoms with Gasteiger partial charge in [0.05, 0.1) is 26.4 Å². The fourth-order valence-electron chi connectivity index (χ4n) is 0.231. The van der Waals surface area contributed by atoms with Crippen LogP contribution >= 0.6 is 0 Å². The summed E-state index contributed by atoms with van der Waals surface area (Å²) in [6, 6.07) is 0. The zero-order valence-electron chi connectivity index (χ0n) is 4.84. The highest BCUT2D eigenvalue weighted by molar-refractivity contribution is 5.75. The lowest BCUT2D eigenvalue weighted by Crippen LogP contribution is -2.03. The molecule has 46 valence electrons. The minimum Gasteiger partial charge on any atom is -0.394 e. The van der Waals surface area contributed by atoms with E-state index >= 15 is 0 Å². The van der Waals surface area contributed by atoms with Crippen LogP contribution in [0, 0.1) is 0 Å². The molecule has 2 radical (unpaired) electrons. The molecule has 0 spiro atoms. The first-order valence-corrected chi connectivity index (χ1v) is 2.21. The molecule has 0 aromatic heterocycles. The van der Waals surface area contributed by atoms with Crippen LogP contribution in [0.4, 0.5) is 0 Å². The predicted molar refractivity (Wildman–Crippen MR) is 30.7 cm³/mol. The van der Waals surface area contributed by atoms with Crippen LogP contribution in [-0.2, 0) is 4.74 Å². The van der Waals surface area contributed by atoms with Gasteiger partial charge in [-0.05, 0) is 0 Å². The first-order valence-electron chi connectivity index (χ1n) is 2.21. The third-order valence-corrected chi connectivity index (χ3v) is 0.471. The zero-order valence-corrected chi connectivity index (χ0v) is 6.25. The molecule has 0 atom stereocenters. The number of hydrogen-bond donors (Lipinski definition) is 2. The summed E-state index contributed by atoms with van der Waals surface area (Å²) in [6.07, 6.45) is 0. The number of rotatable bonds is 4. The van der Waals surface area contributed by atoms with E-state index in [1.54, 1.807) is 0 Å². The summed E-state index contributed by atoms with van der Waals surface area (Å²) >= 11 is 0. The Morgan fingerprint density at radius 3 is 1.62 bits per heavy atom. The topological polar surface area (TPSA) is 49.7 Å². The number of hydrogen-bond acceptors (Lipinski definition) is 3. The number of aliphatic hydroxyl groups is 2. The molecular formula is C4H10MgO3. The molecule has 0 amide bonds. The van der Waals surface area contributed by atoms with Gasteiger partial charge in [-0.15, -0.1) is 0 Å². The quantitative estimate of drug-likeness (QED) is 0.364. The summed E-state index contributed by atoms with van der Waals surface area (Å²) in [4.78, 5) is 0. The largest absolute Gasteiger partial charge is 0.394 e. The maximum Gasteiger partial charge on any atom is 0.0698 e.